The fourth-order valence-electron chi connectivity index (χ4n) is 2.01. The molecule has 0 radical (unpaired) electrons. The minimum atomic E-state index is -0.306. The predicted molar refractivity (Wildman–Crippen MR) is 106 cm³/mol. The number of hydrogen-bond acceptors (Lipinski definition) is 3. The Morgan fingerprint density at radius 1 is 1.00 bits per heavy atom. The van der Waals surface area contributed by atoms with Gasteiger partial charge in [-0.15, -0.1) is 0 Å². The molecule has 0 atom stereocenters. The summed E-state index contributed by atoms with van der Waals surface area (Å²) in [5, 5.41) is 6.85. The summed E-state index contributed by atoms with van der Waals surface area (Å²) in [5.41, 5.74) is 5.40. The van der Waals surface area contributed by atoms with Crippen LogP contribution in [0.2, 0.25) is 0 Å². The number of carbonyl (C=O) groups excluding carboxylic acids is 2. The second-order valence-corrected chi connectivity index (χ2v) is 6.16. The highest BCUT2D eigenvalue weighted by atomic mass is 16.2. The molecule has 0 saturated carbocycles. The van der Waals surface area contributed by atoms with E-state index < -0.39 is 0 Å². The van der Waals surface area contributed by atoms with Gasteiger partial charge in [0.2, 0.25) is 5.91 Å². The molecule has 5 nitrogen and oxygen atoms in total. The number of nitrogens with one attached hydrogen (secondary N) is 2. The molecule has 2 rings (SSSR count). The van der Waals surface area contributed by atoms with Gasteiger partial charge in [0.15, 0.2) is 0 Å². The van der Waals surface area contributed by atoms with Gasteiger partial charge >= 0.3 is 0 Å². The molecule has 0 aromatic heterocycles. The van der Waals surface area contributed by atoms with Crippen molar-refractivity contribution < 1.29 is 9.59 Å². The van der Waals surface area contributed by atoms with E-state index in [1.165, 1.54) is 0 Å². The van der Waals surface area contributed by atoms with Crippen LogP contribution in [-0.2, 0) is 4.79 Å². The Morgan fingerprint density at radius 3 is 2.27 bits per heavy atom. The van der Waals surface area contributed by atoms with Crippen molar-refractivity contribution in [2.45, 2.75) is 20.8 Å². The average Bonchev–Trinajstić information content (AvgIpc) is 2.65. The smallest absolute Gasteiger partial charge is 0.271 e. The third-order valence-corrected chi connectivity index (χ3v) is 3.59. The highest BCUT2D eigenvalue weighted by molar-refractivity contribution is 5.99. The van der Waals surface area contributed by atoms with Gasteiger partial charge in [0, 0.05) is 17.2 Å². The van der Waals surface area contributed by atoms with Gasteiger partial charge in [-0.2, -0.15) is 5.10 Å². The van der Waals surface area contributed by atoms with Crippen molar-refractivity contribution >= 4 is 29.3 Å². The van der Waals surface area contributed by atoms with Crippen molar-refractivity contribution in [1.29, 1.82) is 0 Å². The number of nitrogens with zero attached hydrogens (tertiary/aromatic N) is 1. The first-order valence-electron chi connectivity index (χ1n) is 8.44. The fourth-order valence-corrected chi connectivity index (χ4v) is 2.01. The molecule has 26 heavy (non-hydrogen) atoms. The third-order valence-electron chi connectivity index (χ3n) is 3.59. The molecule has 0 saturated heterocycles. The first-order valence-corrected chi connectivity index (χ1v) is 8.44. The van der Waals surface area contributed by atoms with E-state index in [1.807, 2.05) is 63.3 Å². The van der Waals surface area contributed by atoms with Crippen molar-refractivity contribution in [1.82, 2.24) is 5.43 Å². The van der Waals surface area contributed by atoms with E-state index >= 15 is 0 Å². The lowest BCUT2D eigenvalue weighted by Crippen LogP contribution is -2.19. The summed E-state index contributed by atoms with van der Waals surface area (Å²) in [6.07, 6.45) is 3.76. The van der Waals surface area contributed by atoms with Crippen molar-refractivity contribution in [2.24, 2.45) is 11.0 Å². The maximum absolute atomic E-state index is 12.1. The molecule has 0 heterocycles. The summed E-state index contributed by atoms with van der Waals surface area (Å²) >= 11 is 0. The molecule has 0 spiro atoms. The molecule has 0 unspecified atom stereocenters. The lowest BCUT2D eigenvalue weighted by Gasteiger charge is -2.08. The standard InChI is InChI=1S/C21H23N3O2/c1-15(2)20(25)22-19-13-11-18(12-14-19)21(26)24-23-16(3)9-10-17-7-5-4-6-8-17/h4-15H,1-3H3,(H,22,25)(H,24,26). The number of hydrogen-bond donors (Lipinski definition) is 2. The Kier molecular flexibility index (Phi) is 6.85. The molecule has 0 fully saturated rings. The highest BCUT2D eigenvalue weighted by Crippen LogP contribution is 2.11. The number of carbonyl (C=O) groups is 2. The van der Waals surface area contributed by atoms with Crippen LogP contribution < -0.4 is 10.7 Å². The maximum atomic E-state index is 12.1. The first-order chi connectivity index (χ1) is 12.5. The van der Waals surface area contributed by atoms with Crippen molar-refractivity contribution in [3.63, 3.8) is 0 Å². The Bertz CT molecular complexity index is 807. The second-order valence-electron chi connectivity index (χ2n) is 6.16. The van der Waals surface area contributed by atoms with Gasteiger partial charge in [-0.3, -0.25) is 9.59 Å². The maximum Gasteiger partial charge on any atom is 0.271 e. The average molecular weight is 349 g/mol. The number of amides is 2. The first kappa shape index (κ1) is 19.1. The SMILES string of the molecule is CC(C=Cc1ccccc1)=NNC(=O)c1ccc(NC(=O)C(C)C)cc1. The minimum absolute atomic E-state index is 0.0624. The molecule has 2 aromatic rings. The molecule has 2 N–H and O–H groups in total. The van der Waals surface area contributed by atoms with Gasteiger partial charge in [0.1, 0.15) is 0 Å². The summed E-state index contributed by atoms with van der Waals surface area (Å²) in [5.74, 6) is -0.467. The van der Waals surface area contributed by atoms with Crippen LogP contribution in [0.15, 0.2) is 65.8 Å². The lowest BCUT2D eigenvalue weighted by molar-refractivity contribution is -0.118. The number of benzene rings is 2. The molecule has 134 valence electrons. The summed E-state index contributed by atoms with van der Waals surface area (Å²) in [4.78, 5) is 23.8. The molecule has 2 aromatic carbocycles. The van der Waals surface area contributed by atoms with E-state index in [1.54, 1.807) is 24.3 Å². The number of anilines is 1. The summed E-state index contributed by atoms with van der Waals surface area (Å²) < 4.78 is 0. The molecular formula is C21H23N3O2. The van der Waals surface area contributed by atoms with Gasteiger partial charge in [0.25, 0.3) is 5.91 Å². The van der Waals surface area contributed by atoms with E-state index in [0.717, 1.165) is 5.56 Å². The molecule has 0 aliphatic rings. The zero-order chi connectivity index (χ0) is 18.9. The van der Waals surface area contributed by atoms with E-state index in [9.17, 15) is 9.59 Å². The zero-order valence-electron chi connectivity index (χ0n) is 15.2. The number of rotatable bonds is 6. The van der Waals surface area contributed by atoms with Gasteiger partial charge < -0.3 is 5.32 Å². The second kappa shape index (κ2) is 9.32. The topological polar surface area (TPSA) is 70.6 Å². The van der Waals surface area contributed by atoms with Crippen molar-refractivity contribution in [3.8, 4) is 0 Å². The predicted octanol–water partition coefficient (Wildman–Crippen LogP) is 4.10. The monoisotopic (exact) mass is 349 g/mol. The van der Waals surface area contributed by atoms with Gasteiger partial charge in [0.05, 0.1) is 5.71 Å². The van der Waals surface area contributed by atoms with Crippen molar-refractivity contribution in [3.05, 3.63) is 71.8 Å². The Labute approximate surface area is 153 Å². The van der Waals surface area contributed by atoms with Gasteiger partial charge in [-0.05, 0) is 42.8 Å². The van der Waals surface area contributed by atoms with Crippen LogP contribution in [0.25, 0.3) is 6.08 Å². The quantitative estimate of drug-likeness (QED) is 0.609. The lowest BCUT2D eigenvalue weighted by atomic mass is 10.1. The molecule has 0 aliphatic carbocycles. The Balaban J connectivity index is 1.92. The zero-order valence-corrected chi connectivity index (χ0v) is 15.2. The van der Waals surface area contributed by atoms with Gasteiger partial charge in [-0.1, -0.05) is 50.3 Å². The molecule has 2 amide bonds. The molecule has 0 aliphatic heterocycles. The highest BCUT2D eigenvalue weighted by Gasteiger charge is 2.08. The van der Waals surface area contributed by atoms with Crippen LogP contribution in [0.5, 0.6) is 0 Å². The Hall–Kier alpha value is -3.21. The van der Waals surface area contributed by atoms with Crippen LogP contribution >= 0.6 is 0 Å². The summed E-state index contributed by atoms with van der Waals surface area (Å²) in [7, 11) is 0. The third kappa shape index (κ3) is 6.02. The largest absolute Gasteiger partial charge is 0.326 e. The van der Waals surface area contributed by atoms with E-state index in [-0.39, 0.29) is 17.7 Å². The van der Waals surface area contributed by atoms with E-state index in [2.05, 4.69) is 15.8 Å². The Morgan fingerprint density at radius 2 is 1.65 bits per heavy atom. The summed E-state index contributed by atoms with van der Waals surface area (Å²) in [6.45, 7) is 5.46. The molecular weight excluding hydrogens is 326 g/mol. The summed E-state index contributed by atoms with van der Waals surface area (Å²) in [6, 6.07) is 16.5. The normalized spacial score (nSPS) is 11.6. The molecule has 0 bridgehead atoms. The van der Waals surface area contributed by atoms with Crippen LogP contribution in [0.1, 0.15) is 36.7 Å². The van der Waals surface area contributed by atoms with Crippen LogP contribution in [0.4, 0.5) is 5.69 Å². The fraction of sp³-hybridized carbons (Fsp3) is 0.190. The van der Waals surface area contributed by atoms with Crippen LogP contribution in [0, 0.1) is 5.92 Å². The van der Waals surface area contributed by atoms with Crippen molar-refractivity contribution in [2.75, 3.05) is 5.32 Å². The molecule has 5 heteroatoms. The van der Waals surface area contributed by atoms with E-state index in [4.69, 9.17) is 0 Å². The van der Waals surface area contributed by atoms with Crippen LogP contribution in [-0.4, -0.2) is 17.5 Å². The number of allylic oxidation sites excluding steroid dienone is 1. The van der Waals surface area contributed by atoms with Crippen LogP contribution in [0.3, 0.4) is 0 Å². The number of hydrazone groups is 1. The minimum Gasteiger partial charge on any atom is -0.326 e. The van der Waals surface area contributed by atoms with Gasteiger partial charge in [-0.25, -0.2) is 5.43 Å². The van der Waals surface area contributed by atoms with E-state index in [0.29, 0.717) is 17.0 Å².